The number of aryl methyl sites for hydroxylation is 1. The summed E-state index contributed by atoms with van der Waals surface area (Å²) in [5.74, 6) is -1.38. The lowest BCUT2D eigenvalue weighted by atomic mass is 9.85. The molecule has 6 nitrogen and oxygen atoms in total. The largest absolute Gasteiger partial charge is 0.465 e. The average molecular weight is 554 g/mol. The Morgan fingerprint density at radius 1 is 1.05 bits per heavy atom. The molecule has 1 aliphatic rings. The molecule has 3 aromatic rings. The zero-order valence-electron chi connectivity index (χ0n) is 22.5. The second-order valence-corrected chi connectivity index (χ2v) is 11.2. The van der Waals surface area contributed by atoms with Gasteiger partial charge in [0.25, 0.3) is 0 Å². The number of hydrogen-bond acceptors (Lipinski definition) is 5. The molecular weight excluding hydrogens is 521 g/mol. The van der Waals surface area contributed by atoms with Gasteiger partial charge in [-0.2, -0.15) is 0 Å². The highest BCUT2D eigenvalue weighted by Gasteiger charge is 2.33. The number of carbonyl (C=O) groups is 2. The van der Waals surface area contributed by atoms with Gasteiger partial charge in [0.15, 0.2) is 0 Å². The van der Waals surface area contributed by atoms with Gasteiger partial charge >= 0.3 is 12.1 Å². The first-order valence-electron chi connectivity index (χ1n) is 12.9. The summed E-state index contributed by atoms with van der Waals surface area (Å²) in [5, 5.41) is 11.6. The van der Waals surface area contributed by atoms with Crippen molar-refractivity contribution in [2.75, 3.05) is 13.7 Å². The summed E-state index contributed by atoms with van der Waals surface area (Å²) in [5.41, 5.74) is 3.47. The molecular formula is C31H33ClFNO5. The van der Waals surface area contributed by atoms with E-state index in [4.69, 9.17) is 16.3 Å². The predicted molar refractivity (Wildman–Crippen MR) is 148 cm³/mol. The third-order valence-corrected chi connectivity index (χ3v) is 7.06. The molecule has 0 radical (unpaired) electrons. The van der Waals surface area contributed by atoms with Gasteiger partial charge in [0.1, 0.15) is 11.4 Å². The minimum Gasteiger partial charge on any atom is -0.465 e. The number of hydrogen-bond donors (Lipinski definition) is 1. The van der Waals surface area contributed by atoms with E-state index in [2.05, 4.69) is 4.74 Å². The number of amides is 1. The van der Waals surface area contributed by atoms with Crippen LogP contribution in [0.15, 0.2) is 60.7 Å². The second-order valence-electron chi connectivity index (χ2n) is 10.8. The zero-order chi connectivity index (χ0) is 28.3. The van der Waals surface area contributed by atoms with E-state index in [1.807, 2.05) is 39.0 Å². The molecule has 4 rings (SSSR count). The first-order chi connectivity index (χ1) is 18.4. The fourth-order valence-corrected chi connectivity index (χ4v) is 4.95. The Hall–Kier alpha value is -3.42. The number of benzene rings is 3. The number of aliphatic hydroxyl groups excluding tert-OH is 1. The van der Waals surface area contributed by atoms with Gasteiger partial charge in [-0.25, -0.2) is 14.0 Å². The summed E-state index contributed by atoms with van der Waals surface area (Å²) < 4.78 is 25.0. The molecule has 1 amide bonds. The van der Waals surface area contributed by atoms with E-state index in [-0.39, 0.29) is 18.2 Å². The maximum Gasteiger partial charge on any atom is 0.410 e. The van der Waals surface area contributed by atoms with E-state index >= 15 is 0 Å². The molecule has 3 aromatic carbocycles. The lowest BCUT2D eigenvalue weighted by Crippen LogP contribution is -2.47. The van der Waals surface area contributed by atoms with E-state index in [1.54, 1.807) is 35.2 Å². The van der Waals surface area contributed by atoms with Crippen LogP contribution < -0.4 is 0 Å². The fraction of sp³-hybridized carbons (Fsp3) is 0.355. The number of fused-ring (bicyclic) bond motifs is 1. The molecule has 0 saturated heterocycles. The molecule has 1 aliphatic carbocycles. The molecule has 0 aliphatic heterocycles. The van der Waals surface area contributed by atoms with E-state index in [1.165, 1.54) is 19.2 Å². The van der Waals surface area contributed by atoms with Crippen LogP contribution in [-0.4, -0.2) is 47.4 Å². The van der Waals surface area contributed by atoms with Crippen molar-refractivity contribution < 1.29 is 28.6 Å². The van der Waals surface area contributed by atoms with Crippen molar-refractivity contribution in [2.24, 2.45) is 0 Å². The van der Waals surface area contributed by atoms with Crippen LogP contribution in [0.5, 0.6) is 0 Å². The highest BCUT2D eigenvalue weighted by Crippen LogP contribution is 2.32. The molecule has 2 atom stereocenters. The first kappa shape index (κ1) is 28.6. The maximum absolute atomic E-state index is 14.6. The van der Waals surface area contributed by atoms with Gasteiger partial charge in [0.2, 0.25) is 0 Å². The predicted octanol–water partition coefficient (Wildman–Crippen LogP) is 6.76. The number of nitrogens with zero attached hydrogens (tertiary/aromatic N) is 1. The van der Waals surface area contributed by atoms with E-state index < -0.39 is 29.6 Å². The molecule has 1 N–H and O–H groups in total. The monoisotopic (exact) mass is 553 g/mol. The zero-order valence-corrected chi connectivity index (χ0v) is 23.3. The van der Waals surface area contributed by atoms with Gasteiger partial charge in [-0.1, -0.05) is 48.0 Å². The van der Waals surface area contributed by atoms with Crippen LogP contribution in [0, 0.1) is 5.82 Å². The van der Waals surface area contributed by atoms with E-state index in [0.717, 1.165) is 23.1 Å². The second kappa shape index (κ2) is 11.8. The van der Waals surface area contributed by atoms with Gasteiger partial charge in [0.05, 0.1) is 25.3 Å². The Morgan fingerprint density at radius 3 is 2.36 bits per heavy atom. The van der Waals surface area contributed by atoms with Crippen LogP contribution in [0.25, 0.3) is 11.1 Å². The number of ether oxygens (including phenoxy) is 2. The minimum absolute atomic E-state index is 0.0659. The molecule has 0 heterocycles. The highest BCUT2D eigenvalue weighted by atomic mass is 35.5. The molecule has 0 spiro atoms. The van der Waals surface area contributed by atoms with E-state index in [0.29, 0.717) is 29.0 Å². The lowest BCUT2D eigenvalue weighted by Gasteiger charge is -2.37. The molecule has 0 aromatic heterocycles. The van der Waals surface area contributed by atoms with Crippen molar-refractivity contribution in [1.29, 1.82) is 0 Å². The molecule has 2 unspecified atom stereocenters. The van der Waals surface area contributed by atoms with Crippen LogP contribution in [0.4, 0.5) is 9.18 Å². The van der Waals surface area contributed by atoms with Crippen LogP contribution >= 0.6 is 11.6 Å². The van der Waals surface area contributed by atoms with Gasteiger partial charge < -0.3 is 19.5 Å². The summed E-state index contributed by atoms with van der Waals surface area (Å²) in [7, 11) is 1.21. The number of halogens is 2. The molecule has 8 heteroatoms. The average Bonchev–Trinajstić information content (AvgIpc) is 2.89. The molecule has 0 bridgehead atoms. The molecule has 0 saturated carbocycles. The smallest absolute Gasteiger partial charge is 0.410 e. The summed E-state index contributed by atoms with van der Waals surface area (Å²) >= 11 is 6.00. The summed E-state index contributed by atoms with van der Waals surface area (Å²) in [6.45, 7) is 5.50. The number of aliphatic hydroxyl groups is 1. The molecule has 39 heavy (non-hydrogen) atoms. The van der Waals surface area contributed by atoms with Crippen LogP contribution in [0.1, 0.15) is 60.3 Å². The lowest BCUT2D eigenvalue weighted by molar-refractivity contribution is 0.00194. The first-order valence-corrected chi connectivity index (χ1v) is 13.3. The number of carbonyl (C=O) groups excluding carboxylic acids is 2. The third kappa shape index (κ3) is 6.97. The Morgan fingerprint density at radius 2 is 1.72 bits per heavy atom. The van der Waals surface area contributed by atoms with Crippen molar-refractivity contribution in [3.8, 4) is 11.1 Å². The number of rotatable bonds is 6. The van der Waals surface area contributed by atoms with Gasteiger partial charge in [-0.05, 0) is 92.1 Å². The molecule has 206 valence electrons. The minimum atomic E-state index is -0.918. The van der Waals surface area contributed by atoms with Gasteiger partial charge in [0, 0.05) is 11.1 Å². The standard InChI is InChI=1S/C31H33ClFNO5/c1-31(2,3)39-30(37)34(18-28(35)20-7-11-24(32)12-8-20)25-13-9-19-5-6-21(15-23(19)16-25)22-10-14-26(27(33)17-22)29(36)38-4/h5-8,10-12,14-15,17,25,28,35H,9,13,16,18H2,1-4H3. The summed E-state index contributed by atoms with van der Waals surface area (Å²) in [4.78, 5) is 26.7. The van der Waals surface area contributed by atoms with Crippen LogP contribution in [0.2, 0.25) is 5.02 Å². The SMILES string of the molecule is COC(=O)c1ccc(-c2ccc3c(c2)CC(N(CC(O)c2ccc(Cl)cc2)C(=O)OC(C)(C)C)CC3)cc1F. The van der Waals surface area contributed by atoms with Gasteiger partial charge in [-0.3, -0.25) is 0 Å². The topological polar surface area (TPSA) is 76.1 Å². The third-order valence-electron chi connectivity index (χ3n) is 6.81. The Labute approximate surface area is 233 Å². The van der Waals surface area contributed by atoms with Crippen molar-refractivity contribution in [3.63, 3.8) is 0 Å². The Kier molecular flexibility index (Phi) is 8.62. The van der Waals surface area contributed by atoms with Gasteiger partial charge in [-0.15, -0.1) is 0 Å². The van der Waals surface area contributed by atoms with Crippen LogP contribution in [-0.2, 0) is 22.3 Å². The van der Waals surface area contributed by atoms with Crippen LogP contribution in [0.3, 0.4) is 0 Å². The van der Waals surface area contributed by atoms with Crippen molar-refractivity contribution in [1.82, 2.24) is 4.90 Å². The summed E-state index contributed by atoms with van der Waals surface area (Å²) in [6, 6.07) is 17.1. The number of esters is 1. The quantitative estimate of drug-likeness (QED) is 0.341. The maximum atomic E-state index is 14.6. The number of methoxy groups -OCH3 is 1. The molecule has 0 fully saturated rings. The Bertz CT molecular complexity index is 1350. The van der Waals surface area contributed by atoms with Crippen molar-refractivity contribution in [3.05, 3.63) is 93.8 Å². The van der Waals surface area contributed by atoms with E-state index in [9.17, 15) is 19.1 Å². The normalized spacial score (nSPS) is 15.7. The summed E-state index contributed by atoms with van der Waals surface area (Å²) in [6.07, 6.45) is 0.603. The highest BCUT2D eigenvalue weighted by molar-refractivity contribution is 6.30. The Balaban J connectivity index is 1.60. The van der Waals surface area contributed by atoms with Crippen molar-refractivity contribution >= 4 is 23.7 Å². The van der Waals surface area contributed by atoms with Crippen molar-refractivity contribution in [2.45, 2.75) is 57.8 Å². The fourth-order valence-electron chi connectivity index (χ4n) is 4.82.